The fourth-order valence-electron chi connectivity index (χ4n) is 6.27. The minimum atomic E-state index is -1.43. The van der Waals surface area contributed by atoms with Crippen LogP contribution in [0.4, 0.5) is 0 Å². The molecular weight excluding hydrogens is 332 g/mol. The van der Waals surface area contributed by atoms with Crippen molar-refractivity contribution in [2.45, 2.75) is 57.8 Å². The van der Waals surface area contributed by atoms with E-state index in [0.717, 1.165) is 18.4 Å². The zero-order chi connectivity index (χ0) is 19.1. The summed E-state index contributed by atoms with van der Waals surface area (Å²) in [6.07, 6.45) is 4.31. The van der Waals surface area contributed by atoms with Gasteiger partial charge in [-0.25, -0.2) is 4.79 Å². The van der Waals surface area contributed by atoms with Gasteiger partial charge in [0.15, 0.2) is 5.79 Å². The molecule has 1 aliphatic heterocycles. The average Bonchev–Trinajstić information content (AvgIpc) is 2.72. The van der Waals surface area contributed by atoms with Gasteiger partial charge in [-0.2, -0.15) is 0 Å². The Morgan fingerprint density at radius 2 is 2.15 bits per heavy atom. The van der Waals surface area contributed by atoms with Gasteiger partial charge in [0.05, 0.1) is 18.6 Å². The molecule has 0 aromatic carbocycles. The highest BCUT2D eigenvalue weighted by Gasteiger charge is 2.77. The third-order valence-electron chi connectivity index (χ3n) is 7.51. The number of carbonyl (C=O) groups is 2. The number of carbonyl (C=O) groups excluding carboxylic acids is 2. The molecular formula is C21H28O5. The van der Waals surface area contributed by atoms with E-state index in [9.17, 15) is 14.7 Å². The number of hydrogen-bond donors (Lipinski definition) is 1. The minimum absolute atomic E-state index is 0.0130. The monoisotopic (exact) mass is 360 g/mol. The quantitative estimate of drug-likeness (QED) is 0.605. The molecule has 3 fully saturated rings. The number of methoxy groups -OCH3 is 1. The topological polar surface area (TPSA) is 72.8 Å². The highest BCUT2D eigenvalue weighted by atomic mass is 16.7. The molecule has 6 atom stereocenters. The molecule has 0 amide bonds. The van der Waals surface area contributed by atoms with Gasteiger partial charge in [0.25, 0.3) is 0 Å². The predicted molar refractivity (Wildman–Crippen MR) is 94.9 cm³/mol. The number of aliphatic hydroxyl groups is 1. The third-order valence-corrected chi connectivity index (χ3v) is 7.51. The lowest BCUT2D eigenvalue weighted by Gasteiger charge is -2.54. The zero-order valence-corrected chi connectivity index (χ0v) is 16.0. The second-order valence-corrected chi connectivity index (χ2v) is 9.12. The van der Waals surface area contributed by atoms with Crippen LogP contribution in [0.1, 0.15) is 46.5 Å². The van der Waals surface area contributed by atoms with Gasteiger partial charge >= 0.3 is 5.97 Å². The first-order valence-corrected chi connectivity index (χ1v) is 9.53. The molecule has 4 rings (SSSR count). The van der Waals surface area contributed by atoms with Gasteiger partial charge in [-0.05, 0) is 24.8 Å². The molecule has 5 heteroatoms. The van der Waals surface area contributed by atoms with E-state index >= 15 is 0 Å². The highest BCUT2D eigenvalue weighted by Crippen LogP contribution is 2.71. The summed E-state index contributed by atoms with van der Waals surface area (Å²) in [6.45, 7) is 10.0. The van der Waals surface area contributed by atoms with Crippen molar-refractivity contribution in [3.63, 3.8) is 0 Å². The first-order valence-electron chi connectivity index (χ1n) is 9.53. The summed E-state index contributed by atoms with van der Waals surface area (Å²) in [5.41, 5.74) is -0.190. The Labute approximate surface area is 154 Å². The molecule has 5 nitrogen and oxygen atoms in total. The SMILES string of the molecule is C=C1CC[C@@H]2[C@]3(C)[C@H]4C(=O)[C@@H](C(C)C)C[C@@]3(O)O[C@@]2(C=C4C(=O)OC)C1. The molecule has 4 aliphatic rings. The maximum absolute atomic E-state index is 13.4. The summed E-state index contributed by atoms with van der Waals surface area (Å²) in [5, 5.41) is 11.7. The van der Waals surface area contributed by atoms with E-state index in [1.54, 1.807) is 6.08 Å². The Morgan fingerprint density at radius 3 is 2.77 bits per heavy atom. The molecule has 1 N–H and O–H groups in total. The maximum atomic E-state index is 13.4. The number of esters is 1. The summed E-state index contributed by atoms with van der Waals surface area (Å²) in [4.78, 5) is 26.1. The lowest BCUT2D eigenvalue weighted by Crippen LogP contribution is -2.62. The second kappa shape index (κ2) is 5.29. The van der Waals surface area contributed by atoms with Crippen molar-refractivity contribution in [2.24, 2.45) is 29.1 Å². The van der Waals surface area contributed by atoms with Crippen LogP contribution in [0.25, 0.3) is 0 Å². The van der Waals surface area contributed by atoms with Gasteiger partial charge < -0.3 is 14.6 Å². The molecule has 1 saturated heterocycles. The first-order chi connectivity index (χ1) is 12.1. The number of ketones is 1. The van der Waals surface area contributed by atoms with Crippen molar-refractivity contribution in [1.82, 2.24) is 0 Å². The van der Waals surface area contributed by atoms with Crippen molar-refractivity contribution >= 4 is 11.8 Å². The molecule has 26 heavy (non-hydrogen) atoms. The zero-order valence-electron chi connectivity index (χ0n) is 16.0. The van der Waals surface area contributed by atoms with Gasteiger partial charge in [0.1, 0.15) is 5.78 Å². The molecule has 0 unspecified atom stereocenters. The summed E-state index contributed by atoms with van der Waals surface area (Å²) in [5.74, 6) is -2.87. The summed E-state index contributed by atoms with van der Waals surface area (Å²) in [7, 11) is 1.33. The Morgan fingerprint density at radius 1 is 1.46 bits per heavy atom. The molecule has 0 aromatic rings. The smallest absolute Gasteiger partial charge is 0.334 e. The van der Waals surface area contributed by atoms with Crippen molar-refractivity contribution < 1.29 is 24.2 Å². The van der Waals surface area contributed by atoms with Gasteiger partial charge in [-0.1, -0.05) is 32.9 Å². The number of ether oxygens (including phenoxy) is 2. The van der Waals surface area contributed by atoms with Crippen molar-refractivity contribution in [3.05, 3.63) is 23.8 Å². The highest BCUT2D eigenvalue weighted by molar-refractivity contribution is 6.00. The molecule has 0 spiro atoms. The van der Waals surface area contributed by atoms with Crippen LogP contribution in [-0.4, -0.2) is 35.4 Å². The van der Waals surface area contributed by atoms with E-state index in [0.29, 0.717) is 12.0 Å². The van der Waals surface area contributed by atoms with Crippen LogP contribution in [-0.2, 0) is 19.1 Å². The van der Waals surface area contributed by atoms with E-state index in [1.807, 2.05) is 20.8 Å². The average molecular weight is 360 g/mol. The summed E-state index contributed by atoms with van der Waals surface area (Å²) in [6, 6.07) is 0. The van der Waals surface area contributed by atoms with Crippen LogP contribution >= 0.6 is 0 Å². The van der Waals surface area contributed by atoms with Crippen LogP contribution < -0.4 is 0 Å². The van der Waals surface area contributed by atoms with E-state index in [2.05, 4.69) is 6.58 Å². The Kier molecular flexibility index (Phi) is 3.65. The summed E-state index contributed by atoms with van der Waals surface area (Å²) < 4.78 is 11.4. The molecule has 2 saturated carbocycles. The molecule has 0 aromatic heterocycles. The van der Waals surface area contributed by atoms with E-state index < -0.39 is 28.7 Å². The predicted octanol–water partition coefficient (Wildman–Crippen LogP) is 2.78. The van der Waals surface area contributed by atoms with Crippen molar-refractivity contribution in [2.75, 3.05) is 7.11 Å². The Hall–Kier alpha value is -1.46. The van der Waals surface area contributed by atoms with Crippen LogP contribution in [0.3, 0.4) is 0 Å². The standard InChI is InChI=1S/C21H28O5/c1-11(2)13-10-21(24)19(4)15-7-6-12(3)8-20(15,26-21)9-14(18(23)25-5)16(19)17(13)22/h9,11,13,15-16,24H,3,6-8,10H2,1-2,4-5H3/t13-,15-,16-,19-,20-,21-/m1/s1. The van der Waals surface area contributed by atoms with Crippen LogP contribution in [0.5, 0.6) is 0 Å². The van der Waals surface area contributed by atoms with E-state index in [1.165, 1.54) is 7.11 Å². The number of Topliss-reactive ketones (excluding diaryl/α,β-unsaturated/α-hetero) is 1. The first kappa shape index (κ1) is 17.9. The molecule has 0 radical (unpaired) electrons. The van der Waals surface area contributed by atoms with Gasteiger partial charge in [0.2, 0.25) is 0 Å². The van der Waals surface area contributed by atoms with Crippen LogP contribution in [0, 0.1) is 29.1 Å². The number of rotatable bonds is 2. The summed E-state index contributed by atoms with van der Waals surface area (Å²) >= 11 is 0. The third kappa shape index (κ3) is 1.93. The molecule has 2 bridgehead atoms. The largest absolute Gasteiger partial charge is 0.466 e. The lowest BCUT2D eigenvalue weighted by molar-refractivity contribution is -0.271. The molecule has 142 valence electrons. The normalized spacial score (nSPS) is 46.8. The lowest BCUT2D eigenvalue weighted by atomic mass is 9.47. The van der Waals surface area contributed by atoms with Gasteiger partial charge in [0, 0.05) is 35.7 Å². The molecule has 3 aliphatic carbocycles. The Balaban J connectivity index is 1.96. The fourth-order valence-corrected chi connectivity index (χ4v) is 6.27. The van der Waals surface area contributed by atoms with Crippen LogP contribution in [0.15, 0.2) is 23.8 Å². The van der Waals surface area contributed by atoms with Gasteiger partial charge in [-0.15, -0.1) is 0 Å². The minimum Gasteiger partial charge on any atom is -0.466 e. The van der Waals surface area contributed by atoms with Crippen molar-refractivity contribution in [3.8, 4) is 0 Å². The number of hydrogen-bond acceptors (Lipinski definition) is 5. The Bertz CT molecular complexity index is 737. The second-order valence-electron chi connectivity index (χ2n) is 9.12. The van der Waals surface area contributed by atoms with E-state index in [4.69, 9.17) is 9.47 Å². The fraction of sp³-hybridized carbons (Fsp3) is 0.714. The van der Waals surface area contributed by atoms with Gasteiger partial charge in [-0.3, -0.25) is 4.79 Å². The molecule has 1 heterocycles. The van der Waals surface area contributed by atoms with Crippen molar-refractivity contribution in [1.29, 1.82) is 0 Å². The van der Waals surface area contributed by atoms with E-state index in [-0.39, 0.29) is 30.0 Å². The maximum Gasteiger partial charge on any atom is 0.334 e. The van der Waals surface area contributed by atoms with Crippen LogP contribution in [0.2, 0.25) is 0 Å².